The average molecular weight is 346 g/mol. The highest BCUT2D eigenvalue weighted by molar-refractivity contribution is 5.85. The predicted molar refractivity (Wildman–Crippen MR) is 98.6 cm³/mol. The molecule has 1 aromatic carbocycles. The maximum absolute atomic E-state index is 5.83. The Balaban J connectivity index is 1.43. The van der Waals surface area contributed by atoms with Crippen LogP contribution in [0.5, 0.6) is 5.75 Å². The molecule has 130 valence electrons. The lowest BCUT2D eigenvalue weighted by Gasteiger charge is -2.09. The fraction of sp³-hybridized carbons (Fsp3) is 0.158. The van der Waals surface area contributed by atoms with Gasteiger partial charge in [0.15, 0.2) is 5.65 Å². The van der Waals surface area contributed by atoms with Crippen LogP contribution in [0.3, 0.4) is 0 Å². The van der Waals surface area contributed by atoms with E-state index in [0.29, 0.717) is 13.2 Å². The van der Waals surface area contributed by atoms with Crippen LogP contribution in [0.15, 0.2) is 61.2 Å². The number of hydrogen-bond acceptors (Lipinski definition) is 6. The molecule has 4 rings (SSSR count). The van der Waals surface area contributed by atoms with Crippen LogP contribution in [-0.4, -0.2) is 24.7 Å². The Morgan fingerprint density at radius 2 is 2.04 bits per heavy atom. The molecular formula is C19H18N6O. The number of anilines is 1. The van der Waals surface area contributed by atoms with Crippen LogP contribution in [0, 0.1) is 0 Å². The Kier molecular flexibility index (Phi) is 4.42. The van der Waals surface area contributed by atoms with Crippen LogP contribution in [0.1, 0.15) is 11.3 Å². The Morgan fingerprint density at radius 1 is 1.08 bits per heavy atom. The molecule has 4 aromatic rings. The monoisotopic (exact) mass is 346 g/mol. The second-order valence-electron chi connectivity index (χ2n) is 5.84. The van der Waals surface area contributed by atoms with Crippen molar-refractivity contribution in [3.8, 4) is 5.75 Å². The molecule has 0 atom stereocenters. The van der Waals surface area contributed by atoms with Crippen molar-refractivity contribution in [1.82, 2.24) is 24.7 Å². The van der Waals surface area contributed by atoms with Gasteiger partial charge in [0, 0.05) is 19.8 Å². The number of hydrogen-bond donors (Lipinski definition) is 1. The van der Waals surface area contributed by atoms with Crippen molar-refractivity contribution in [3.05, 3.63) is 72.4 Å². The highest BCUT2D eigenvalue weighted by atomic mass is 16.5. The van der Waals surface area contributed by atoms with E-state index in [2.05, 4.69) is 25.4 Å². The first-order chi connectivity index (χ1) is 12.8. The fourth-order valence-corrected chi connectivity index (χ4v) is 2.67. The van der Waals surface area contributed by atoms with Gasteiger partial charge in [-0.2, -0.15) is 5.10 Å². The van der Waals surface area contributed by atoms with Crippen molar-refractivity contribution in [2.75, 3.05) is 5.32 Å². The molecule has 0 amide bonds. The number of ether oxygens (including phenoxy) is 1. The van der Waals surface area contributed by atoms with Gasteiger partial charge in [0.2, 0.25) is 0 Å². The number of pyridine rings is 1. The van der Waals surface area contributed by atoms with Crippen molar-refractivity contribution in [2.45, 2.75) is 13.2 Å². The van der Waals surface area contributed by atoms with Gasteiger partial charge >= 0.3 is 0 Å². The standard InChI is InChI=1S/C19H18N6O/c1-25-19-17(11-24-25)18(22-13-23-19)21-10-14-5-4-7-16(9-14)26-12-15-6-2-3-8-20-15/h2-9,11,13H,10,12H2,1H3,(H,21,22,23). The van der Waals surface area contributed by atoms with E-state index in [1.54, 1.807) is 23.4 Å². The van der Waals surface area contributed by atoms with Crippen molar-refractivity contribution in [2.24, 2.45) is 7.05 Å². The topological polar surface area (TPSA) is 77.8 Å². The van der Waals surface area contributed by atoms with Crippen LogP contribution in [0.4, 0.5) is 5.82 Å². The van der Waals surface area contributed by atoms with Gasteiger partial charge in [0.05, 0.1) is 17.3 Å². The number of rotatable bonds is 6. The SMILES string of the molecule is Cn1ncc2c(NCc3cccc(OCc4ccccn4)c3)ncnc21. The molecule has 0 bridgehead atoms. The molecule has 3 heterocycles. The van der Waals surface area contributed by atoms with Crippen molar-refractivity contribution < 1.29 is 4.74 Å². The molecule has 26 heavy (non-hydrogen) atoms. The van der Waals surface area contributed by atoms with Gasteiger partial charge in [0.25, 0.3) is 0 Å². The summed E-state index contributed by atoms with van der Waals surface area (Å²) in [5.74, 6) is 1.58. The smallest absolute Gasteiger partial charge is 0.163 e. The number of nitrogens with zero attached hydrogens (tertiary/aromatic N) is 5. The first-order valence-electron chi connectivity index (χ1n) is 8.28. The van der Waals surface area contributed by atoms with Crippen molar-refractivity contribution >= 4 is 16.9 Å². The van der Waals surface area contributed by atoms with Crippen LogP contribution < -0.4 is 10.1 Å². The third-order valence-electron chi connectivity index (χ3n) is 4.00. The molecule has 0 spiro atoms. The molecule has 0 aliphatic carbocycles. The van der Waals surface area contributed by atoms with E-state index in [9.17, 15) is 0 Å². The summed E-state index contributed by atoms with van der Waals surface area (Å²) in [6.45, 7) is 1.07. The Hall–Kier alpha value is -3.48. The molecule has 0 radical (unpaired) electrons. The van der Waals surface area contributed by atoms with Crippen LogP contribution in [0.25, 0.3) is 11.0 Å². The lowest BCUT2D eigenvalue weighted by Crippen LogP contribution is -2.03. The van der Waals surface area contributed by atoms with Crippen LogP contribution in [-0.2, 0) is 20.2 Å². The summed E-state index contributed by atoms with van der Waals surface area (Å²) in [5, 5.41) is 8.47. The largest absolute Gasteiger partial charge is 0.487 e. The number of aryl methyl sites for hydroxylation is 1. The van der Waals surface area contributed by atoms with Gasteiger partial charge in [-0.3, -0.25) is 9.67 Å². The van der Waals surface area contributed by atoms with E-state index in [4.69, 9.17) is 4.74 Å². The molecular weight excluding hydrogens is 328 g/mol. The van der Waals surface area contributed by atoms with E-state index in [0.717, 1.165) is 33.9 Å². The van der Waals surface area contributed by atoms with Gasteiger partial charge < -0.3 is 10.1 Å². The summed E-state index contributed by atoms with van der Waals surface area (Å²) in [7, 11) is 1.86. The third-order valence-corrected chi connectivity index (χ3v) is 4.00. The predicted octanol–water partition coefficient (Wildman–Crippen LogP) is 2.95. The first kappa shape index (κ1) is 16.0. The van der Waals surface area contributed by atoms with Crippen molar-refractivity contribution in [3.63, 3.8) is 0 Å². The third kappa shape index (κ3) is 3.46. The summed E-state index contributed by atoms with van der Waals surface area (Å²) in [4.78, 5) is 12.8. The molecule has 7 heteroatoms. The van der Waals surface area contributed by atoms with Crippen LogP contribution in [0.2, 0.25) is 0 Å². The maximum Gasteiger partial charge on any atom is 0.163 e. The van der Waals surface area contributed by atoms with E-state index in [1.165, 1.54) is 0 Å². The van der Waals surface area contributed by atoms with E-state index in [1.807, 2.05) is 49.5 Å². The molecule has 1 N–H and O–H groups in total. The lowest BCUT2D eigenvalue weighted by molar-refractivity contribution is 0.301. The molecule has 0 fully saturated rings. The number of nitrogens with one attached hydrogen (secondary N) is 1. The molecule has 7 nitrogen and oxygen atoms in total. The summed E-state index contributed by atoms with van der Waals surface area (Å²) in [5.41, 5.74) is 2.80. The minimum Gasteiger partial charge on any atom is -0.487 e. The van der Waals surface area contributed by atoms with Gasteiger partial charge in [-0.15, -0.1) is 0 Å². The lowest BCUT2D eigenvalue weighted by atomic mass is 10.2. The minimum absolute atomic E-state index is 0.444. The maximum atomic E-state index is 5.83. The van der Waals surface area contributed by atoms with Crippen molar-refractivity contribution in [1.29, 1.82) is 0 Å². The van der Waals surface area contributed by atoms with Gasteiger partial charge in [0.1, 0.15) is 24.5 Å². The minimum atomic E-state index is 0.444. The normalized spacial score (nSPS) is 10.8. The Labute approximate surface area is 150 Å². The summed E-state index contributed by atoms with van der Waals surface area (Å²) < 4.78 is 7.56. The zero-order chi connectivity index (χ0) is 17.8. The Morgan fingerprint density at radius 3 is 2.92 bits per heavy atom. The molecule has 0 aliphatic heterocycles. The molecule has 3 aromatic heterocycles. The van der Waals surface area contributed by atoms with E-state index >= 15 is 0 Å². The fourth-order valence-electron chi connectivity index (χ4n) is 2.67. The molecule has 0 saturated heterocycles. The average Bonchev–Trinajstić information content (AvgIpc) is 3.08. The van der Waals surface area contributed by atoms with E-state index in [-0.39, 0.29) is 0 Å². The summed E-state index contributed by atoms with van der Waals surface area (Å²) >= 11 is 0. The highest BCUT2D eigenvalue weighted by Gasteiger charge is 2.07. The zero-order valence-corrected chi connectivity index (χ0v) is 14.3. The summed E-state index contributed by atoms with van der Waals surface area (Å²) in [6, 6.07) is 13.8. The molecule has 0 saturated carbocycles. The first-order valence-corrected chi connectivity index (χ1v) is 8.28. The number of benzene rings is 1. The van der Waals surface area contributed by atoms with Gasteiger partial charge in [-0.1, -0.05) is 18.2 Å². The van der Waals surface area contributed by atoms with Gasteiger partial charge in [-0.05, 0) is 29.8 Å². The van der Waals surface area contributed by atoms with Gasteiger partial charge in [-0.25, -0.2) is 9.97 Å². The number of fused-ring (bicyclic) bond motifs is 1. The second-order valence-corrected chi connectivity index (χ2v) is 5.84. The number of aromatic nitrogens is 5. The zero-order valence-electron chi connectivity index (χ0n) is 14.3. The van der Waals surface area contributed by atoms with Crippen LogP contribution >= 0.6 is 0 Å². The summed E-state index contributed by atoms with van der Waals surface area (Å²) in [6.07, 6.45) is 5.07. The molecule has 0 aliphatic rings. The molecule has 0 unspecified atom stereocenters. The van der Waals surface area contributed by atoms with E-state index < -0.39 is 0 Å². The highest BCUT2D eigenvalue weighted by Crippen LogP contribution is 2.20. The second kappa shape index (κ2) is 7.18. The Bertz CT molecular complexity index is 1010. The quantitative estimate of drug-likeness (QED) is 0.578.